The summed E-state index contributed by atoms with van der Waals surface area (Å²) in [6.07, 6.45) is 4.92. The van der Waals surface area contributed by atoms with Gasteiger partial charge < -0.3 is 9.64 Å². The fourth-order valence-corrected chi connectivity index (χ4v) is 6.49. The minimum atomic E-state index is -3.21. The minimum absolute atomic E-state index is 0.00322. The van der Waals surface area contributed by atoms with Crippen LogP contribution < -0.4 is 0 Å². The number of aromatic nitrogens is 2. The van der Waals surface area contributed by atoms with Crippen LogP contribution in [0.1, 0.15) is 61.6 Å². The van der Waals surface area contributed by atoms with Gasteiger partial charge in [0.15, 0.2) is 0 Å². The Labute approximate surface area is 173 Å². The first-order valence-corrected chi connectivity index (χ1v) is 12.3. The summed E-state index contributed by atoms with van der Waals surface area (Å²) in [5.41, 5.74) is 1.12. The standard InChI is InChI=1S/C20H32N4O4S/c1-4-29(26,27)24(16-5-6-16)17-7-12-28-20(14-17)8-10-23(11-9-20)19(25)18-13-15(2)21-22(18)3/h13,16-17H,4-12,14H2,1-3H3. The molecule has 1 unspecified atom stereocenters. The van der Waals surface area contributed by atoms with Crippen molar-refractivity contribution < 1.29 is 17.9 Å². The molecule has 0 N–H and O–H groups in total. The predicted octanol–water partition coefficient (Wildman–Crippen LogP) is 1.70. The predicted molar refractivity (Wildman–Crippen MR) is 109 cm³/mol. The monoisotopic (exact) mass is 424 g/mol. The van der Waals surface area contributed by atoms with Gasteiger partial charge in [-0.25, -0.2) is 8.42 Å². The smallest absolute Gasteiger partial charge is 0.272 e. The molecule has 2 aliphatic heterocycles. The Balaban J connectivity index is 1.44. The van der Waals surface area contributed by atoms with E-state index in [0.717, 1.165) is 44.2 Å². The molecule has 1 saturated carbocycles. The molecule has 0 bridgehead atoms. The van der Waals surface area contributed by atoms with Gasteiger partial charge in [-0.05, 0) is 58.4 Å². The van der Waals surface area contributed by atoms with E-state index < -0.39 is 10.0 Å². The molecule has 3 aliphatic rings. The van der Waals surface area contributed by atoms with E-state index in [1.165, 1.54) is 0 Å². The van der Waals surface area contributed by atoms with E-state index >= 15 is 0 Å². The number of amides is 1. The number of carbonyl (C=O) groups excluding carboxylic acids is 1. The Kier molecular flexibility index (Phi) is 5.50. The van der Waals surface area contributed by atoms with Gasteiger partial charge in [0.1, 0.15) is 5.69 Å². The van der Waals surface area contributed by atoms with Crippen molar-refractivity contribution in [3.63, 3.8) is 0 Å². The van der Waals surface area contributed by atoms with Gasteiger partial charge in [0.2, 0.25) is 10.0 Å². The van der Waals surface area contributed by atoms with Gasteiger partial charge in [0.25, 0.3) is 5.91 Å². The highest BCUT2D eigenvalue weighted by molar-refractivity contribution is 7.89. The summed E-state index contributed by atoms with van der Waals surface area (Å²) in [4.78, 5) is 14.8. The van der Waals surface area contributed by atoms with Crippen molar-refractivity contribution in [1.82, 2.24) is 19.0 Å². The van der Waals surface area contributed by atoms with E-state index in [0.29, 0.717) is 25.4 Å². The molecule has 1 amide bonds. The summed E-state index contributed by atoms with van der Waals surface area (Å²) in [5.74, 6) is 0.156. The maximum atomic E-state index is 12.9. The molecular weight excluding hydrogens is 392 g/mol. The molecule has 0 aromatic carbocycles. The van der Waals surface area contributed by atoms with Gasteiger partial charge in [0, 0.05) is 38.8 Å². The number of piperidine rings is 1. The third-order valence-corrected chi connectivity index (χ3v) is 8.57. The van der Waals surface area contributed by atoms with Crippen molar-refractivity contribution in [1.29, 1.82) is 0 Å². The Bertz CT molecular complexity index is 869. The van der Waals surface area contributed by atoms with Crippen LogP contribution >= 0.6 is 0 Å². The highest BCUT2D eigenvalue weighted by atomic mass is 32.2. The number of rotatable bonds is 5. The average molecular weight is 425 g/mol. The van der Waals surface area contributed by atoms with Gasteiger partial charge in [-0.2, -0.15) is 9.40 Å². The molecule has 9 heteroatoms. The number of hydrogen-bond donors (Lipinski definition) is 0. The lowest BCUT2D eigenvalue weighted by Gasteiger charge is -2.48. The van der Waals surface area contributed by atoms with Crippen molar-refractivity contribution in [2.45, 2.75) is 70.1 Å². The topological polar surface area (TPSA) is 84.7 Å². The van der Waals surface area contributed by atoms with Crippen LogP contribution in [-0.2, 0) is 21.8 Å². The van der Waals surface area contributed by atoms with Crippen LogP contribution in [0, 0.1) is 6.92 Å². The summed E-state index contributed by atoms with van der Waals surface area (Å²) in [6.45, 7) is 5.44. The van der Waals surface area contributed by atoms with E-state index in [-0.39, 0.29) is 29.3 Å². The SMILES string of the molecule is CCS(=O)(=O)N(C1CC1)C1CCOC2(CCN(C(=O)c3cc(C)nn3C)CC2)C1. The van der Waals surface area contributed by atoms with Gasteiger partial charge >= 0.3 is 0 Å². The fraction of sp³-hybridized carbons (Fsp3) is 0.800. The van der Waals surface area contributed by atoms with E-state index in [4.69, 9.17) is 4.74 Å². The number of hydrogen-bond acceptors (Lipinski definition) is 5. The van der Waals surface area contributed by atoms with Crippen LogP contribution in [0.25, 0.3) is 0 Å². The molecule has 8 nitrogen and oxygen atoms in total. The first-order valence-electron chi connectivity index (χ1n) is 10.7. The zero-order valence-corrected chi connectivity index (χ0v) is 18.4. The molecule has 3 fully saturated rings. The van der Waals surface area contributed by atoms with Crippen LogP contribution in [0.15, 0.2) is 6.07 Å². The van der Waals surface area contributed by atoms with Crippen LogP contribution in [0.4, 0.5) is 0 Å². The van der Waals surface area contributed by atoms with Crippen LogP contribution in [0.3, 0.4) is 0 Å². The number of nitrogens with zero attached hydrogens (tertiary/aromatic N) is 4. The molecule has 1 spiro atoms. The Morgan fingerprint density at radius 3 is 2.52 bits per heavy atom. The highest BCUT2D eigenvalue weighted by Crippen LogP contribution is 2.41. The number of aryl methyl sites for hydroxylation is 2. The van der Waals surface area contributed by atoms with Crippen molar-refractivity contribution >= 4 is 15.9 Å². The molecule has 1 aromatic heterocycles. The van der Waals surface area contributed by atoms with Crippen molar-refractivity contribution in [3.8, 4) is 0 Å². The summed E-state index contributed by atoms with van der Waals surface area (Å²) >= 11 is 0. The molecule has 29 heavy (non-hydrogen) atoms. The molecule has 2 saturated heterocycles. The largest absolute Gasteiger partial charge is 0.375 e. The molecule has 162 valence electrons. The van der Waals surface area contributed by atoms with Crippen LogP contribution in [0.5, 0.6) is 0 Å². The van der Waals surface area contributed by atoms with Gasteiger partial charge in [-0.15, -0.1) is 0 Å². The summed E-state index contributed by atoms with van der Waals surface area (Å²) in [5, 5.41) is 4.28. The number of sulfonamides is 1. The lowest BCUT2D eigenvalue weighted by molar-refractivity contribution is -0.123. The second kappa shape index (κ2) is 7.67. The van der Waals surface area contributed by atoms with Gasteiger partial charge in [-0.1, -0.05) is 0 Å². The number of carbonyl (C=O) groups is 1. The van der Waals surface area contributed by atoms with Gasteiger partial charge in [0.05, 0.1) is 17.0 Å². The Hall–Kier alpha value is -1.45. The molecule has 4 rings (SSSR count). The molecule has 1 atom stereocenters. The van der Waals surface area contributed by atoms with Gasteiger partial charge in [-0.3, -0.25) is 9.48 Å². The molecule has 1 aliphatic carbocycles. The minimum Gasteiger partial charge on any atom is -0.375 e. The quantitative estimate of drug-likeness (QED) is 0.718. The van der Waals surface area contributed by atoms with Crippen LogP contribution in [0.2, 0.25) is 0 Å². The highest BCUT2D eigenvalue weighted by Gasteiger charge is 2.48. The van der Waals surface area contributed by atoms with E-state index in [1.807, 2.05) is 17.9 Å². The second-order valence-electron chi connectivity index (χ2n) is 8.73. The first kappa shape index (κ1) is 20.8. The second-order valence-corrected chi connectivity index (χ2v) is 10.9. The molecular formula is C20H32N4O4S. The lowest BCUT2D eigenvalue weighted by Crippen LogP contribution is -2.56. The lowest BCUT2D eigenvalue weighted by atomic mass is 9.82. The third-order valence-electron chi connectivity index (χ3n) is 6.60. The zero-order chi connectivity index (χ0) is 20.8. The third kappa shape index (κ3) is 4.09. The maximum absolute atomic E-state index is 12.9. The zero-order valence-electron chi connectivity index (χ0n) is 17.6. The molecule has 1 aromatic rings. The maximum Gasteiger partial charge on any atom is 0.272 e. The first-order chi connectivity index (χ1) is 13.7. The van der Waals surface area contributed by atoms with Crippen molar-refractivity contribution in [3.05, 3.63) is 17.5 Å². The Morgan fingerprint density at radius 1 is 1.28 bits per heavy atom. The van der Waals surface area contributed by atoms with E-state index in [2.05, 4.69) is 5.10 Å². The van der Waals surface area contributed by atoms with E-state index in [9.17, 15) is 13.2 Å². The summed E-state index contributed by atoms with van der Waals surface area (Å²) in [6, 6.07) is 2.02. The summed E-state index contributed by atoms with van der Waals surface area (Å²) in [7, 11) is -1.42. The van der Waals surface area contributed by atoms with Crippen LogP contribution in [-0.4, -0.2) is 76.4 Å². The van der Waals surface area contributed by atoms with Crippen molar-refractivity contribution in [2.75, 3.05) is 25.4 Å². The Morgan fingerprint density at radius 2 is 1.97 bits per heavy atom. The summed E-state index contributed by atoms with van der Waals surface area (Å²) < 4.78 is 35.1. The van der Waals surface area contributed by atoms with E-state index in [1.54, 1.807) is 23.0 Å². The molecule has 3 heterocycles. The fourth-order valence-electron chi connectivity index (χ4n) is 4.89. The van der Waals surface area contributed by atoms with Crippen molar-refractivity contribution in [2.24, 2.45) is 7.05 Å². The number of likely N-dealkylation sites (tertiary alicyclic amines) is 1. The molecule has 0 radical (unpaired) electrons. The number of ether oxygens (including phenoxy) is 1. The normalized spacial score (nSPS) is 25.0. The average Bonchev–Trinajstić information content (AvgIpc) is 3.45.